The first kappa shape index (κ1) is 27.4. The van der Waals surface area contributed by atoms with Crippen LogP contribution in [-0.4, -0.2) is 52.8 Å². The van der Waals surface area contributed by atoms with Gasteiger partial charge in [-0.05, 0) is 83.0 Å². The van der Waals surface area contributed by atoms with Crippen LogP contribution in [0.4, 0.5) is 5.69 Å². The van der Waals surface area contributed by atoms with Gasteiger partial charge in [-0.25, -0.2) is 0 Å². The Morgan fingerprint density at radius 3 is 2.51 bits per heavy atom. The van der Waals surface area contributed by atoms with E-state index in [0.29, 0.717) is 26.8 Å². The fourth-order valence-electron chi connectivity index (χ4n) is 6.74. The number of carbonyl (C=O) groups excluding carboxylic acids is 4. The molecule has 4 atom stereocenters. The first-order chi connectivity index (χ1) is 19.5. The Bertz CT molecular complexity index is 1660. The smallest absolute Gasteiger partial charge is 0.488 e. The SMILES string of the molecule is COc1cc(C2C3=CCC4C(=O)N(c5cccc(B(O)O)c5)C(=O)C4C3CC3=C2C(=O)C(C)=CC3=O)cc(Br)c1O. The van der Waals surface area contributed by atoms with Crippen molar-refractivity contribution in [2.75, 3.05) is 12.0 Å². The Kier molecular flexibility index (Phi) is 6.63. The highest BCUT2D eigenvalue weighted by Crippen LogP contribution is 2.56. The monoisotopic (exact) mass is 617 g/mol. The fraction of sp³-hybridized carbons (Fsp3) is 0.267. The summed E-state index contributed by atoms with van der Waals surface area (Å²) in [4.78, 5) is 55.6. The summed E-state index contributed by atoms with van der Waals surface area (Å²) >= 11 is 3.36. The number of fused-ring (bicyclic) bond motifs is 3. The summed E-state index contributed by atoms with van der Waals surface area (Å²) in [6.45, 7) is 1.60. The first-order valence-corrected chi connectivity index (χ1v) is 13.9. The number of allylic oxidation sites excluding steroid dienone is 6. The number of Topliss-reactive ketones (excluding diaryl/α,β-unsaturated/α-hetero) is 1. The second-order valence-electron chi connectivity index (χ2n) is 10.8. The van der Waals surface area contributed by atoms with Gasteiger partial charge in [-0.2, -0.15) is 0 Å². The number of anilines is 1. The van der Waals surface area contributed by atoms with Crippen LogP contribution in [0.15, 0.2) is 75.3 Å². The van der Waals surface area contributed by atoms with Crippen molar-refractivity contribution in [3.8, 4) is 11.5 Å². The highest BCUT2D eigenvalue weighted by atomic mass is 79.9. The van der Waals surface area contributed by atoms with E-state index in [-0.39, 0.29) is 47.1 Å². The quantitative estimate of drug-likeness (QED) is 0.206. The number of ether oxygens (including phenoxy) is 1. The number of hydrogen-bond donors (Lipinski definition) is 3. The van der Waals surface area contributed by atoms with Gasteiger partial charge in [0, 0.05) is 22.6 Å². The number of halogens is 1. The molecule has 2 aromatic rings. The van der Waals surface area contributed by atoms with Crippen molar-refractivity contribution in [3.63, 3.8) is 0 Å². The Morgan fingerprint density at radius 1 is 1.05 bits per heavy atom. The van der Waals surface area contributed by atoms with E-state index in [4.69, 9.17) is 4.74 Å². The molecule has 1 saturated heterocycles. The number of rotatable bonds is 4. The molecule has 4 unspecified atom stereocenters. The molecule has 3 N–H and O–H groups in total. The third-order valence-electron chi connectivity index (χ3n) is 8.60. The zero-order chi connectivity index (χ0) is 29.3. The lowest BCUT2D eigenvalue weighted by atomic mass is 9.59. The van der Waals surface area contributed by atoms with Crippen LogP contribution in [0.5, 0.6) is 11.5 Å². The lowest BCUT2D eigenvalue weighted by molar-refractivity contribution is -0.123. The number of methoxy groups -OCH3 is 1. The van der Waals surface area contributed by atoms with Crippen molar-refractivity contribution in [1.82, 2.24) is 0 Å². The Balaban J connectivity index is 1.49. The second kappa shape index (κ2) is 9.94. The number of benzene rings is 2. The maximum absolute atomic E-state index is 14.0. The van der Waals surface area contributed by atoms with Gasteiger partial charge in [-0.1, -0.05) is 23.8 Å². The maximum Gasteiger partial charge on any atom is 0.488 e. The molecule has 1 fully saturated rings. The molecule has 3 aliphatic carbocycles. The van der Waals surface area contributed by atoms with Gasteiger partial charge in [-0.3, -0.25) is 24.1 Å². The van der Waals surface area contributed by atoms with Crippen molar-refractivity contribution in [1.29, 1.82) is 0 Å². The van der Waals surface area contributed by atoms with Crippen LogP contribution < -0.4 is 15.1 Å². The molecule has 0 bridgehead atoms. The third-order valence-corrected chi connectivity index (χ3v) is 9.20. The number of phenols is 1. The van der Waals surface area contributed by atoms with Crippen molar-refractivity contribution >= 4 is 57.6 Å². The number of carbonyl (C=O) groups is 4. The zero-order valence-corrected chi connectivity index (χ0v) is 23.7. The van der Waals surface area contributed by atoms with Crippen LogP contribution in [0.1, 0.15) is 31.2 Å². The first-order valence-electron chi connectivity index (χ1n) is 13.1. The molecule has 6 rings (SSSR count). The van der Waals surface area contributed by atoms with Gasteiger partial charge in [0.25, 0.3) is 0 Å². The summed E-state index contributed by atoms with van der Waals surface area (Å²) in [7, 11) is -0.357. The number of amides is 2. The van der Waals surface area contributed by atoms with Crippen LogP contribution in [-0.2, 0) is 19.2 Å². The number of phenolic OH excluding ortho intramolecular Hbond substituents is 1. The molecular weight excluding hydrogens is 593 g/mol. The molecule has 11 heteroatoms. The van der Waals surface area contributed by atoms with E-state index < -0.39 is 42.6 Å². The van der Waals surface area contributed by atoms with Crippen molar-refractivity contribution in [2.45, 2.75) is 25.7 Å². The predicted octanol–water partition coefficient (Wildman–Crippen LogP) is 2.48. The number of nitrogens with zero attached hydrogens (tertiary/aromatic N) is 1. The molecule has 41 heavy (non-hydrogen) atoms. The van der Waals surface area contributed by atoms with Gasteiger partial charge in [0.1, 0.15) is 0 Å². The molecule has 2 aromatic carbocycles. The number of hydrogen-bond acceptors (Lipinski definition) is 8. The molecule has 0 aromatic heterocycles. The van der Waals surface area contributed by atoms with E-state index in [1.54, 1.807) is 31.2 Å². The molecule has 0 spiro atoms. The highest BCUT2D eigenvalue weighted by molar-refractivity contribution is 9.10. The Hall–Kier alpha value is -3.80. The zero-order valence-electron chi connectivity index (χ0n) is 22.1. The van der Waals surface area contributed by atoms with E-state index >= 15 is 0 Å². The summed E-state index contributed by atoms with van der Waals surface area (Å²) < 4.78 is 5.71. The third kappa shape index (κ3) is 4.14. The van der Waals surface area contributed by atoms with E-state index in [9.17, 15) is 34.3 Å². The molecule has 9 nitrogen and oxygen atoms in total. The van der Waals surface area contributed by atoms with Gasteiger partial charge < -0.3 is 19.9 Å². The minimum atomic E-state index is -1.77. The van der Waals surface area contributed by atoms with Gasteiger partial charge >= 0.3 is 7.12 Å². The Morgan fingerprint density at radius 2 is 1.80 bits per heavy atom. The van der Waals surface area contributed by atoms with E-state index in [1.165, 1.54) is 25.3 Å². The largest absolute Gasteiger partial charge is 0.503 e. The summed E-state index contributed by atoms with van der Waals surface area (Å²) in [6.07, 6.45) is 3.61. The predicted molar refractivity (Wildman–Crippen MR) is 152 cm³/mol. The minimum absolute atomic E-state index is 0.111. The minimum Gasteiger partial charge on any atom is -0.503 e. The van der Waals surface area contributed by atoms with Crippen LogP contribution >= 0.6 is 15.9 Å². The highest BCUT2D eigenvalue weighted by Gasteiger charge is 2.56. The molecule has 1 aliphatic heterocycles. The lowest BCUT2D eigenvalue weighted by Gasteiger charge is -2.42. The summed E-state index contributed by atoms with van der Waals surface area (Å²) in [5.41, 5.74) is 2.73. The van der Waals surface area contributed by atoms with Crippen molar-refractivity contribution < 1.29 is 39.1 Å². The normalized spacial score (nSPS) is 25.4. The topological polar surface area (TPSA) is 141 Å². The van der Waals surface area contributed by atoms with Gasteiger partial charge in [0.05, 0.1) is 29.1 Å². The van der Waals surface area contributed by atoms with E-state index in [2.05, 4.69) is 15.9 Å². The lowest BCUT2D eigenvalue weighted by Crippen LogP contribution is -2.40. The number of ketones is 2. The van der Waals surface area contributed by atoms with E-state index in [0.717, 1.165) is 10.5 Å². The maximum atomic E-state index is 14.0. The second-order valence-corrected chi connectivity index (χ2v) is 11.6. The Labute approximate surface area is 244 Å². The van der Waals surface area contributed by atoms with Gasteiger partial charge in [0.2, 0.25) is 11.8 Å². The number of imide groups is 1. The van der Waals surface area contributed by atoms with Crippen LogP contribution in [0, 0.1) is 17.8 Å². The molecular formula is C30H25BBrNO8. The molecule has 0 saturated carbocycles. The molecule has 1 heterocycles. The average molecular weight is 618 g/mol. The standard InChI is InChI=1S/C30H25BBrNO8/c1-13-8-22(34)20-12-19-17(24(26(20)27(13)35)14-9-21(32)28(36)23(10-14)41-2)6-7-18-25(19)30(38)33(29(18)37)16-5-3-4-15(11-16)31(39)40/h3-6,8-11,18-19,24-25,36,39-40H,7,12H2,1-2H3. The van der Waals surface area contributed by atoms with Crippen molar-refractivity contribution in [3.05, 3.63) is 80.9 Å². The van der Waals surface area contributed by atoms with Gasteiger partial charge in [-0.15, -0.1) is 0 Å². The molecule has 4 aliphatic rings. The summed E-state index contributed by atoms with van der Waals surface area (Å²) in [6, 6.07) is 9.28. The average Bonchev–Trinajstić information content (AvgIpc) is 3.21. The van der Waals surface area contributed by atoms with E-state index in [1.807, 2.05) is 6.08 Å². The number of aromatic hydroxyl groups is 1. The summed E-state index contributed by atoms with van der Waals surface area (Å²) in [5.74, 6) is -4.00. The van der Waals surface area contributed by atoms with Crippen LogP contribution in [0.3, 0.4) is 0 Å². The summed E-state index contributed by atoms with van der Waals surface area (Å²) in [5, 5.41) is 29.7. The van der Waals surface area contributed by atoms with Crippen LogP contribution in [0.25, 0.3) is 0 Å². The fourth-order valence-corrected chi connectivity index (χ4v) is 7.20. The molecule has 0 radical (unpaired) electrons. The van der Waals surface area contributed by atoms with Gasteiger partial charge in [0.15, 0.2) is 23.1 Å². The molecule has 208 valence electrons. The van der Waals surface area contributed by atoms with Crippen molar-refractivity contribution in [2.24, 2.45) is 17.8 Å². The molecule has 2 amide bonds. The van der Waals surface area contributed by atoms with Crippen LogP contribution in [0.2, 0.25) is 0 Å².